The molecule has 0 atom stereocenters. The Kier molecular flexibility index (Phi) is 6.15. The summed E-state index contributed by atoms with van der Waals surface area (Å²) in [7, 11) is 0. The van der Waals surface area contributed by atoms with Gasteiger partial charge in [0.05, 0.1) is 10.7 Å². The predicted octanol–water partition coefficient (Wildman–Crippen LogP) is 7.32. The van der Waals surface area contributed by atoms with Gasteiger partial charge >= 0.3 is 6.16 Å². The topological polar surface area (TPSA) is 82.6 Å². The van der Waals surface area contributed by atoms with Gasteiger partial charge in [0.1, 0.15) is 5.69 Å². The van der Waals surface area contributed by atoms with E-state index in [1.807, 2.05) is 44.2 Å². The molecule has 0 saturated heterocycles. The number of amides is 1. The van der Waals surface area contributed by atoms with Crippen LogP contribution in [0.15, 0.2) is 54.6 Å². The molecule has 32 heavy (non-hydrogen) atoms. The van der Waals surface area contributed by atoms with Crippen LogP contribution in [-0.2, 0) is 0 Å². The van der Waals surface area contributed by atoms with E-state index in [-0.39, 0.29) is 17.0 Å². The number of hydrogen-bond donors (Lipinski definition) is 2. The fraction of sp³-hybridized carbons (Fsp3) is 0.130. The molecule has 0 saturated carbocycles. The maximum absolute atomic E-state index is 13.6. The lowest BCUT2D eigenvalue weighted by atomic mass is 10.1. The van der Waals surface area contributed by atoms with Crippen molar-refractivity contribution in [2.75, 3.05) is 4.90 Å². The number of aromatic amines is 1. The number of ether oxygens (including phenoxy) is 1. The molecule has 4 aromatic rings. The van der Waals surface area contributed by atoms with Gasteiger partial charge in [0.2, 0.25) is 5.06 Å². The maximum atomic E-state index is 13.6. The van der Waals surface area contributed by atoms with E-state index in [0.29, 0.717) is 32.3 Å². The SMILES string of the molecule is CC(C)N(C(=O)c1cc2c(Cl)cc(Cl)cc2[nH]1)c1cc(-c2ccccc2)sc1OC(=O)O. The van der Waals surface area contributed by atoms with E-state index in [0.717, 1.165) is 21.8 Å². The van der Waals surface area contributed by atoms with E-state index in [2.05, 4.69) is 4.98 Å². The van der Waals surface area contributed by atoms with Gasteiger partial charge in [-0.05, 0) is 43.7 Å². The Morgan fingerprint density at radius 1 is 1.09 bits per heavy atom. The average molecular weight is 489 g/mol. The van der Waals surface area contributed by atoms with Crippen LogP contribution in [0.2, 0.25) is 10.0 Å². The molecule has 4 rings (SSSR count). The molecule has 0 aliphatic carbocycles. The van der Waals surface area contributed by atoms with Gasteiger partial charge in [-0.2, -0.15) is 0 Å². The zero-order chi connectivity index (χ0) is 23.0. The number of H-pyrrole nitrogens is 1. The molecular formula is C23H18Cl2N2O4S. The van der Waals surface area contributed by atoms with E-state index in [9.17, 15) is 14.7 Å². The highest BCUT2D eigenvalue weighted by Crippen LogP contribution is 2.44. The van der Waals surface area contributed by atoms with Gasteiger partial charge < -0.3 is 19.7 Å². The summed E-state index contributed by atoms with van der Waals surface area (Å²) in [6, 6.07) is 15.9. The predicted molar refractivity (Wildman–Crippen MR) is 129 cm³/mol. The van der Waals surface area contributed by atoms with Gasteiger partial charge in [-0.25, -0.2) is 4.79 Å². The van der Waals surface area contributed by atoms with Crippen LogP contribution in [-0.4, -0.2) is 28.2 Å². The number of benzene rings is 2. The first kappa shape index (κ1) is 22.2. The van der Waals surface area contributed by atoms with E-state index >= 15 is 0 Å². The minimum absolute atomic E-state index is 0.121. The Morgan fingerprint density at radius 2 is 1.81 bits per heavy atom. The van der Waals surface area contributed by atoms with Crippen LogP contribution >= 0.6 is 34.5 Å². The molecule has 0 aliphatic heterocycles. The Bertz CT molecular complexity index is 1310. The molecule has 0 aliphatic rings. The summed E-state index contributed by atoms with van der Waals surface area (Å²) in [5, 5.41) is 10.9. The van der Waals surface area contributed by atoms with Crippen molar-refractivity contribution in [1.82, 2.24) is 4.98 Å². The molecule has 9 heteroatoms. The van der Waals surface area contributed by atoms with Crippen LogP contribution in [0, 0.1) is 0 Å². The van der Waals surface area contributed by atoms with Crippen LogP contribution in [0.1, 0.15) is 24.3 Å². The highest BCUT2D eigenvalue weighted by molar-refractivity contribution is 7.18. The quantitative estimate of drug-likeness (QED) is 0.288. The van der Waals surface area contributed by atoms with Gasteiger partial charge in [0.15, 0.2) is 0 Å². The second-order valence-electron chi connectivity index (χ2n) is 7.32. The fourth-order valence-corrected chi connectivity index (χ4v) is 5.00. The van der Waals surface area contributed by atoms with Gasteiger partial charge in [-0.15, -0.1) is 0 Å². The van der Waals surface area contributed by atoms with Crippen LogP contribution in [0.4, 0.5) is 10.5 Å². The van der Waals surface area contributed by atoms with E-state index < -0.39 is 6.16 Å². The Balaban J connectivity index is 1.81. The summed E-state index contributed by atoms with van der Waals surface area (Å²) in [4.78, 5) is 30.2. The summed E-state index contributed by atoms with van der Waals surface area (Å²) in [5.41, 5.74) is 2.19. The number of nitrogens with zero attached hydrogens (tertiary/aromatic N) is 1. The number of rotatable bonds is 5. The van der Waals surface area contributed by atoms with Crippen molar-refractivity contribution in [3.63, 3.8) is 0 Å². The van der Waals surface area contributed by atoms with Crippen molar-refractivity contribution in [2.45, 2.75) is 19.9 Å². The van der Waals surface area contributed by atoms with Crippen molar-refractivity contribution in [3.05, 3.63) is 70.3 Å². The molecule has 2 heterocycles. The summed E-state index contributed by atoms with van der Waals surface area (Å²) in [6.07, 6.45) is -1.45. The van der Waals surface area contributed by atoms with Gasteiger partial charge in [-0.3, -0.25) is 4.79 Å². The van der Waals surface area contributed by atoms with Crippen LogP contribution in [0.25, 0.3) is 21.3 Å². The number of carbonyl (C=O) groups excluding carboxylic acids is 1. The lowest BCUT2D eigenvalue weighted by Gasteiger charge is -2.26. The maximum Gasteiger partial charge on any atom is 0.512 e. The van der Waals surface area contributed by atoms with Crippen molar-refractivity contribution >= 4 is 63.2 Å². The van der Waals surface area contributed by atoms with Gasteiger partial charge in [-0.1, -0.05) is 64.9 Å². The van der Waals surface area contributed by atoms with E-state index in [1.165, 1.54) is 4.90 Å². The monoisotopic (exact) mass is 488 g/mol. The molecule has 0 spiro atoms. The number of anilines is 1. The van der Waals surface area contributed by atoms with Crippen molar-refractivity contribution in [2.24, 2.45) is 0 Å². The largest absolute Gasteiger partial charge is 0.512 e. The summed E-state index contributed by atoms with van der Waals surface area (Å²) < 4.78 is 5.05. The molecule has 164 valence electrons. The number of thiophene rings is 1. The van der Waals surface area contributed by atoms with Gasteiger partial charge in [0.25, 0.3) is 5.91 Å². The molecule has 2 aromatic heterocycles. The molecule has 1 amide bonds. The minimum atomic E-state index is -1.45. The lowest BCUT2D eigenvalue weighted by molar-refractivity contribution is 0.0974. The second-order valence-corrected chi connectivity index (χ2v) is 9.18. The van der Waals surface area contributed by atoms with Crippen LogP contribution in [0.5, 0.6) is 5.06 Å². The molecule has 0 radical (unpaired) electrons. The third kappa shape index (κ3) is 4.32. The average Bonchev–Trinajstić information content (AvgIpc) is 3.33. The minimum Gasteiger partial charge on any atom is -0.449 e. The number of halogens is 2. The number of nitrogens with one attached hydrogen (secondary N) is 1. The Labute approximate surface area is 197 Å². The molecule has 0 unspecified atom stereocenters. The first-order valence-electron chi connectivity index (χ1n) is 9.66. The summed E-state index contributed by atoms with van der Waals surface area (Å²) in [5.74, 6) is -0.351. The van der Waals surface area contributed by atoms with Gasteiger partial charge in [0, 0.05) is 26.8 Å². The smallest absolute Gasteiger partial charge is 0.449 e. The van der Waals surface area contributed by atoms with Crippen molar-refractivity contribution in [1.29, 1.82) is 0 Å². The molecule has 2 N–H and O–H groups in total. The third-order valence-corrected chi connectivity index (χ3v) is 6.38. The zero-order valence-electron chi connectivity index (χ0n) is 17.1. The molecule has 2 aromatic carbocycles. The van der Waals surface area contributed by atoms with Crippen molar-refractivity contribution < 1.29 is 19.4 Å². The van der Waals surface area contributed by atoms with Crippen LogP contribution < -0.4 is 9.64 Å². The van der Waals surface area contributed by atoms with Crippen LogP contribution in [0.3, 0.4) is 0 Å². The van der Waals surface area contributed by atoms with E-state index in [4.69, 9.17) is 27.9 Å². The Morgan fingerprint density at radius 3 is 2.47 bits per heavy atom. The first-order valence-corrected chi connectivity index (χ1v) is 11.2. The first-order chi connectivity index (χ1) is 15.2. The number of fused-ring (bicyclic) bond motifs is 1. The molecule has 6 nitrogen and oxygen atoms in total. The number of carbonyl (C=O) groups is 2. The zero-order valence-corrected chi connectivity index (χ0v) is 19.4. The highest BCUT2D eigenvalue weighted by Gasteiger charge is 2.28. The number of hydrogen-bond acceptors (Lipinski definition) is 4. The summed E-state index contributed by atoms with van der Waals surface area (Å²) >= 11 is 13.5. The third-order valence-electron chi connectivity index (χ3n) is 4.80. The summed E-state index contributed by atoms with van der Waals surface area (Å²) in [6.45, 7) is 3.68. The highest BCUT2D eigenvalue weighted by atomic mass is 35.5. The molecular weight excluding hydrogens is 471 g/mol. The fourth-order valence-electron chi connectivity index (χ4n) is 3.46. The number of aromatic nitrogens is 1. The lowest BCUT2D eigenvalue weighted by Crippen LogP contribution is -2.37. The normalized spacial score (nSPS) is 11.2. The standard InChI is InChI=1S/C23H18Cl2N2O4S/c1-12(2)27(21(28)18-10-15-16(25)8-14(24)9-17(15)26-18)19-11-20(13-6-4-3-5-7-13)32-22(19)31-23(29)30/h3-12,26H,1-2H3,(H,29,30). The second kappa shape index (κ2) is 8.86. The molecule has 0 fully saturated rings. The Hall–Kier alpha value is -3.00. The van der Waals surface area contributed by atoms with Crippen molar-refractivity contribution in [3.8, 4) is 15.5 Å². The molecule has 0 bridgehead atoms. The number of carboxylic acid groups (broad SMARTS) is 1. The van der Waals surface area contributed by atoms with E-state index in [1.54, 1.807) is 24.3 Å².